The Hall–Kier alpha value is -0.910. The first-order valence-corrected chi connectivity index (χ1v) is 8.08. The van der Waals surface area contributed by atoms with Crippen molar-refractivity contribution < 1.29 is 0 Å². The van der Waals surface area contributed by atoms with Gasteiger partial charge in [0.1, 0.15) is 6.33 Å². The Bertz CT molecular complexity index is 542. The molecule has 1 aliphatic rings. The summed E-state index contributed by atoms with van der Waals surface area (Å²) < 4.78 is 3.31. The minimum atomic E-state index is 0.548. The summed E-state index contributed by atoms with van der Waals surface area (Å²) >= 11 is 2.33. The fourth-order valence-corrected chi connectivity index (χ4v) is 3.28. The molecular weight excluding hydrogens is 349 g/mol. The van der Waals surface area contributed by atoms with E-state index in [0.717, 1.165) is 11.4 Å². The molecule has 0 unspecified atom stereocenters. The lowest BCUT2D eigenvalue weighted by atomic mass is 10.1. The first-order valence-electron chi connectivity index (χ1n) is 7.00. The van der Waals surface area contributed by atoms with Crippen molar-refractivity contribution in [1.29, 1.82) is 0 Å². The van der Waals surface area contributed by atoms with Gasteiger partial charge in [0.2, 0.25) is 0 Å². The van der Waals surface area contributed by atoms with E-state index in [2.05, 4.69) is 61.6 Å². The summed E-state index contributed by atoms with van der Waals surface area (Å²) in [7, 11) is 0. The Kier molecular flexibility index (Phi) is 4.15. The summed E-state index contributed by atoms with van der Waals surface area (Å²) in [6.07, 6.45) is 9.78. The third-order valence-corrected chi connectivity index (χ3v) is 4.46. The van der Waals surface area contributed by atoms with Gasteiger partial charge in [0.05, 0.1) is 6.04 Å². The lowest BCUT2D eigenvalue weighted by molar-refractivity contribution is 0.405. The van der Waals surface area contributed by atoms with Crippen LogP contribution >= 0.6 is 22.6 Å². The zero-order chi connectivity index (χ0) is 13.1. The zero-order valence-corrected chi connectivity index (χ0v) is 13.1. The number of rotatable bonds is 2. The highest BCUT2D eigenvalue weighted by Gasteiger charge is 2.16. The molecule has 3 rings (SSSR count). The first kappa shape index (κ1) is 13.1. The summed E-state index contributed by atoms with van der Waals surface area (Å²) in [6, 6.07) is 8.91. The van der Waals surface area contributed by atoms with Crippen LogP contribution in [0.15, 0.2) is 30.6 Å². The predicted molar refractivity (Wildman–Crippen MR) is 84.9 cm³/mol. The molecular formula is C15H18IN3. The lowest BCUT2D eigenvalue weighted by Crippen LogP contribution is -2.08. The van der Waals surface area contributed by atoms with Crippen LogP contribution in [0.1, 0.15) is 44.6 Å². The Morgan fingerprint density at radius 1 is 1.11 bits per heavy atom. The largest absolute Gasteiger partial charge is 0.249 e. The highest BCUT2D eigenvalue weighted by Crippen LogP contribution is 2.27. The van der Waals surface area contributed by atoms with E-state index in [1.807, 2.05) is 6.33 Å². The van der Waals surface area contributed by atoms with Crippen molar-refractivity contribution in [2.24, 2.45) is 0 Å². The van der Waals surface area contributed by atoms with Crippen molar-refractivity contribution in [2.75, 3.05) is 0 Å². The molecule has 2 aromatic rings. The van der Waals surface area contributed by atoms with E-state index in [-0.39, 0.29) is 0 Å². The number of benzene rings is 1. The van der Waals surface area contributed by atoms with Crippen LogP contribution < -0.4 is 0 Å². The number of hydrogen-bond donors (Lipinski definition) is 0. The molecule has 1 fully saturated rings. The molecule has 1 heterocycles. The van der Waals surface area contributed by atoms with Crippen LogP contribution in [0.4, 0.5) is 0 Å². The SMILES string of the molecule is Ic1cccc(-c2ncn(C3CCCCCC3)n2)c1. The van der Waals surface area contributed by atoms with Gasteiger partial charge in [0.25, 0.3) is 0 Å². The smallest absolute Gasteiger partial charge is 0.181 e. The molecule has 0 bridgehead atoms. The standard InChI is InChI=1S/C15H18IN3/c16-13-7-5-6-12(10-13)15-17-11-19(18-15)14-8-3-1-2-4-9-14/h5-7,10-11,14H,1-4,8-9H2. The highest BCUT2D eigenvalue weighted by molar-refractivity contribution is 14.1. The predicted octanol–water partition coefficient (Wildman–Crippen LogP) is 4.45. The van der Waals surface area contributed by atoms with Gasteiger partial charge in [-0.2, -0.15) is 5.10 Å². The molecule has 1 aromatic carbocycles. The van der Waals surface area contributed by atoms with Gasteiger partial charge in [-0.1, -0.05) is 37.8 Å². The van der Waals surface area contributed by atoms with E-state index in [9.17, 15) is 0 Å². The molecule has 3 nitrogen and oxygen atoms in total. The fourth-order valence-electron chi connectivity index (χ4n) is 2.73. The third kappa shape index (κ3) is 3.16. The molecule has 0 radical (unpaired) electrons. The van der Waals surface area contributed by atoms with E-state index in [4.69, 9.17) is 0 Å². The lowest BCUT2D eigenvalue weighted by Gasteiger charge is -2.13. The molecule has 0 saturated heterocycles. The van der Waals surface area contributed by atoms with Crippen molar-refractivity contribution in [3.05, 3.63) is 34.2 Å². The Labute approximate surface area is 127 Å². The van der Waals surface area contributed by atoms with E-state index < -0.39 is 0 Å². The number of nitrogens with zero attached hydrogens (tertiary/aromatic N) is 3. The van der Waals surface area contributed by atoms with E-state index in [0.29, 0.717) is 6.04 Å². The van der Waals surface area contributed by atoms with Crippen LogP contribution in [0, 0.1) is 3.57 Å². The van der Waals surface area contributed by atoms with Crippen molar-refractivity contribution >= 4 is 22.6 Å². The molecule has 19 heavy (non-hydrogen) atoms. The van der Waals surface area contributed by atoms with Crippen molar-refractivity contribution in [1.82, 2.24) is 14.8 Å². The topological polar surface area (TPSA) is 30.7 Å². The van der Waals surface area contributed by atoms with Crippen LogP contribution in [0.3, 0.4) is 0 Å². The van der Waals surface area contributed by atoms with Crippen LogP contribution in [-0.2, 0) is 0 Å². The second-order valence-corrected chi connectivity index (χ2v) is 6.45. The van der Waals surface area contributed by atoms with Crippen molar-refractivity contribution in [3.8, 4) is 11.4 Å². The summed E-state index contributed by atoms with van der Waals surface area (Å²) in [5.41, 5.74) is 1.11. The van der Waals surface area contributed by atoms with Gasteiger partial charge in [-0.15, -0.1) is 0 Å². The molecule has 0 spiro atoms. The molecule has 0 aliphatic heterocycles. The highest BCUT2D eigenvalue weighted by atomic mass is 127. The second-order valence-electron chi connectivity index (χ2n) is 5.20. The Morgan fingerprint density at radius 3 is 2.63 bits per heavy atom. The van der Waals surface area contributed by atoms with Crippen LogP contribution in [-0.4, -0.2) is 14.8 Å². The summed E-state index contributed by atoms with van der Waals surface area (Å²) in [6.45, 7) is 0. The maximum absolute atomic E-state index is 4.69. The van der Waals surface area contributed by atoms with Crippen LogP contribution in [0.25, 0.3) is 11.4 Å². The normalized spacial score (nSPS) is 17.3. The Balaban J connectivity index is 1.82. The average molecular weight is 367 g/mol. The van der Waals surface area contributed by atoms with Gasteiger partial charge in [0, 0.05) is 9.13 Å². The van der Waals surface area contributed by atoms with E-state index in [1.165, 1.54) is 42.1 Å². The summed E-state index contributed by atoms with van der Waals surface area (Å²) in [5.74, 6) is 0.850. The van der Waals surface area contributed by atoms with Gasteiger partial charge in [0.15, 0.2) is 5.82 Å². The van der Waals surface area contributed by atoms with E-state index >= 15 is 0 Å². The van der Waals surface area contributed by atoms with Gasteiger partial charge in [-0.25, -0.2) is 9.67 Å². The monoisotopic (exact) mass is 367 g/mol. The van der Waals surface area contributed by atoms with Gasteiger partial charge >= 0.3 is 0 Å². The van der Waals surface area contributed by atoms with Gasteiger partial charge in [-0.3, -0.25) is 0 Å². The first-order chi connectivity index (χ1) is 9.33. The van der Waals surface area contributed by atoms with Crippen LogP contribution in [0.2, 0.25) is 0 Å². The average Bonchev–Trinajstić information content (AvgIpc) is 2.75. The molecule has 0 N–H and O–H groups in total. The maximum Gasteiger partial charge on any atom is 0.181 e. The number of aromatic nitrogens is 3. The zero-order valence-electron chi connectivity index (χ0n) is 10.9. The minimum absolute atomic E-state index is 0.548. The van der Waals surface area contributed by atoms with Gasteiger partial charge in [-0.05, 0) is 47.6 Å². The molecule has 1 saturated carbocycles. The molecule has 100 valence electrons. The maximum atomic E-state index is 4.69. The summed E-state index contributed by atoms with van der Waals surface area (Å²) in [4.78, 5) is 4.48. The van der Waals surface area contributed by atoms with Crippen molar-refractivity contribution in [2.45, 2.75) is 44.6 Å². The molecule has 0 atom stereocenters. The Morgan fingerprint density at radius 2 is 1.89 bits per heavy atom. The van der Waals surface area contributed by atoms with E-state index in [1.54, 1.807) is 0 Å². The molecule has 4 heteroatoms. The summed E-state index contributed by atoms with van der Waals surface area (Å²) in [5, 5.41) is 4.69. The quantitative estimate of drug-likeness (QED) is 0.580. The van der Waals surface area contributed by atoms with Crippen molar-refractivity contribution in [3.63, 3.8) is 0 Å². The minimum Gasteiger partial charge on any atom is -0.249 e. The van der Waals surface area contributed by atoms with Crippen LogP contribution in [0.5, 0.6) is 0 Å². The third-order valence-electron chi connectivity index (χ3n) is 3.79. The fraction of sp³-hybridized carbons (Fsp3) is 0.467. The molecule has 0 amide bonds. The molecule has 1 aliphatic carbocycles. The second kappa shape index (κ2) is 6.03. The van der Waals surface area contributed by atoms with Gasteiger partial charge < -0.3 is 0 Å². The molecule has 1 aromatic heterocycles. The number of halogens is 1. The number of hydrogen-bond acceptors (Lipinski definition) is 2.